The van der Waals surface area contributed by atoms with Gasteiger partial charge in [0, 0.05) is 25.7 Å². The number of hydrogen-bond donors (Lipinski definition) is 3. The van der Waals surface area contributed by atoms with E-state index in [-0.39, 0.29) is 25.7 Å². The molecule has 0 aromatic rings. The Labute approximate surface area is 588 Å². The monoisotopic (exact) mass is 1410 g/mol. The van der Waals surface area contributed by atoms with Crippen LogP contribution in [0.15, 0.2) is 0 Å². The third kappa shape index (κ3) is 70.5. The molecule has 96 heavy (non-hydrogen) atoms. The van der Waals surface area contributed by atoms with Gasteiger partial charge in [-0.1, -0.05) is 356 Å². The van der Waals surface area contributed by atoms with E-state index in [2.05, 4.69) is 34.6 Å². The van der Waals surface area contributed by atoms with Gasteiger partial charge in [0.2, 0.25) is 0 Å². The fraction of sp³-hybridized carbons (Fsp3) is 0.948. The number of carbonyl (C=O) groups excluding carboxylic acids is 4. The van der Waals surface area contributed by atoms with E-state index < -0.39 is 97.5 Å². The predicted octanol–water partition coefficient (Wildman–Crippen LogP) is 22.9. The molecule has 0 radical (unpaired) electrons. The molecule has 0 saturated carbocycles. The van der Waals surface area contributed by atoms with Gasteiger partial charge < -0.3 is 33.8 Å². The first kappa shape index (κ1) is 94.1. The number of hydrogen-bond acceptors (Lipinski definition) is 15. The Kier molecular flexibility index (Phi) is 68.7. The molecular weight excluding hydrogens is 1260 g/mol. The average molecular weight is 1410 g/mol. The molecule has 0 aliphatic rings. The Morgan fingerprint density at radius 2 is 0.479 bits per heavy atom. The molecule has 5 atom stereocenters. The highest BCUT2D eigenvalue weighted by molar-refractivity contribution is 7.47. The summed E-state index contributed by atoms with van der Waals surface area (Å²) in [5.41, 5.74) is 0. The van der Waals surface area contributed by atoms with Crippen LogP contribution in [-0.2, 0) is 65.4 Å². The zero-order valence-corrected chi connectivity index (χ0v) is 64.3. The number of carbonyl (C=O) groups is 4. The highest BCUT2D eigenvalue weighted by Gasteiger charge is 2.30. The van der Waals surface area contributed by atoms with Crippen LogP contribution in [0.1, 0.15) is 407 Å². The summed E-state index contributed by atoms with van der Waals surface area (Å²) in [5, 5.41) is 10.6. The molecule has 0 aromatic carbocycles. The molecule has 0 aliphatic carbocycles. The molecule has 3 N–H and O–H groups in total. The van der Waals surface area contributed by atoms with Gasteiger partial charge >= 0.3 is 39.5 Å². The van der Waals surface area contributed by atoms with Crippen LogP contribution in [0.4, 0.5) is 0 Å². The van der Waals surface area contributed by atoms with Gasteiger partial charge in [-0.15, -0.1) is 0 Å². The molecule has 570 valence electrons. The van der Waals surface area contributed by atoms with E-state index in [1.165, 1.54) is 231 Å². The minimum atomic E-state index is -4.96. The maximum Gasteiger partial charge on any atom is 0.472 e. The van der Waals surface area contributed by atoms with Crippen LogP contribution >= 0.6 is 15.6 Å². The zero-order valence-electron chi connectivity index (χ0n) is 62.5. The summed E-state index contributed by atoms with van der Waals surface area (Å²) in [7, 11) is -9.91. The second-order valence-corrected chi connectivity index (χ2v) is 31.1. The summed E-state index contributed by atoms with van der Waals surface area (Å²) in [4.78, 5) is 72.8. The van der Waals surface area contributed by atoms with E-state index in [9.17, 15) is 43.2 Å². The van der Waals surface area contributed by atoms with Gasteiger partial charge in [-0.25, -0.2) is 9.13 Å². The minimum Gasteiger partial charge on any atom is -0.462 e. The van der Waals surface area contributed by atoms with Crippen LogP contribution < -0.4 is 0 Å². The first-order valence-corrected chi connectivity index (χ1v) is 43.1. The van der Waals surface area contributed by atoms with Gasteiger partial charge in [0.25, 0.3) is 0 Å². The van der Waals surface area contributed by atoms with Crippen molar-refractivity contribution in [2.45, 2.75) is 425 Å². The molecule has 0 rings (SSSR count). The molecule has 0 aliphatic heterocycles. The van der Waals surface area contributed by atoms with Gasteiger partial charge in [0.15, 0.2) is 12.2 Å². The van der Waals surface area contributed by atoms with Crippen LogP contribution in [0.3, 0.4) is 0 Å². The summed E-state index contributed by atoms with van der Waals surface area (Å²) in [6, 6.07) is 0. The van der Waals surface area contributed by atoms with Crippen molar-refractivity contribution < 1.29 is 80.2 Å². The lowest BCUT2D eigenvalue weighted by Crippen LogP contribution is -2.30. The molecule has 0 spiro atoms. The minimum absolute atomic E-state index is 0.105. The largest absolute Gasteiger partial charge is 0.472 e. The second-order valence-electron chi connectivity index (χ2n) is 28.2. The molecular formula is C77H150O17P2. The van der Waals surface area contributed by atoms with E-state index in [1.807, 2.05) is 0 Å². The van der Waals surface area contributed by atoms with Crippen LogP contribution in [0.25, 0.3) is 0 Å². The molecule has 2 unspecified atom stereocenters. The van der Waals surface area contributed by atoms with Crippen LogP contribution in [0, 0.1) is 5.92 Å². The Morgan fingerprint density at radius 1 is 0.281 bits per heavy atom. The summed E-state index contributed by atoms with van der Waals surface area (Å²) >= 11 is 0. The van der Waals surface area contributed by atoms with Crippen molar-refractivity contribution in [2.75, 3.05) is 39.6 Å². The van der Waals surface area contributed by atoms with Crippen LogP contribution in [-0.4, -0.2) is 96.7 Å². The maximum absolute atomic E-state index is 13.1. The SMILES string of the molecule is CCCCCCCCCCCCCCCCCCCCCCC(=O)O[C@H](COC(=O)CCCCCCCCCCCCCCCCCC)COP(=O)(O)OC[C@@H](O)COP(=O)(O)OC[C@@H](COC(=O)CCCCCCCCCCC)OC(=O)CCCCCCCCCCC(C)C. The molecule has 0 aromatic heterocycles. The van der Waals surface area contributed by atoms with E-state index in [4.69, 9.17) is 37.0 Å². The predicted molar refractivity (Wildman–Crippen MR) is 391 cm³/mol. The van der Waals surface area contributed by atoms with Gasteiger partial charge in [-0.2, -0.15) is 0 Å². The van der Waals surface area contributed by atoms with Crippen molar-refractivity contribution >= 4 is 39.5 Å². The molecule has 0 bridgehead atoms. The van der Waals surface area contributed by atoms with E-state index in [0.29, 0.717) is 25.7 Å². The fourth-order valence-electron chi connectivity index (χ4n) is 11.9. The summed E-state index contributed by atoms with van der Waals surface area (Å²) < 4.78 is 68.5. The summed E-state index contributed by atoms with van der Waals surface area (Å²) in [6.45, 7) is 7.24. The third-order valence-electron chi connectivity index (χ3n) is 18.0. The summed E-state index contributed by atoms with van der Waals surface area (Å²) in [5.74, 6) is -1.40. The van der Waals surface area contributed by atoms with Crippen molar-refractivity contribution in [3.05, 3.63) is 0 Å². The standard InChI is InChI=1S/C77H150O17P2/c1-6-9-12-15-18-21-23-25-27-29-30-31-32-34-36-38-41-47-52-57-62-76(81)93-72(67-88-75(80)61-56-51-46-40-37-35-33-28-26-24-22-19-16-13-10-7-2)68-91-95(83,84)89-64-71(78)65-90-96(85,86)92-69-73(66-87-74(79)60-55-50-45-39-20-17-14-11-8-3)94-77(82)63-58-53-48-43-42-44-49-54-59-70(4)5/h70-73,78H,6-69H2,1-5H3,(H,83,84)(H,85,86)/t71-,72-,73-/m1/s1. The van der Waals surface area contributed by atoms with Crippen LogP contribution in [0.5, 0.6) is 0 Å². The average Bonchev–Trinajstić information content (AvgIpc) is 1.44. The first-order chi connectivity index (χ1) is 46.5. The Morgan fingerprint density at radius 3 is 0.708 bits per heavy atom. The van der Waals surface area contributed by atoms with Gasteiger partial charge in [0.05, 0.1) is 26.4 Å². The Balaban J connectivity index is 5.20. The molecule has 0 heterocycles. The fourth-order valence-corrected chi connectivity index (χ4v) is 13.5. The van der Waals surface area contributed by atoms with Crippen LogP contribution in [0.2, 0.25) is 0 Å². The van der Waals surface area contributed by atoms with Crippen molar-refractivity contribution in [1.82, 2.24) is 0 Å². The molecule has 17 nitrogen and oxygen atoms in total. The lowest BCUT2D eigenvalue weighted by atomic mass is 10.0. The summed E-state index contributed by atoms with van der Waals surface area (Å²) in [6.07, 6.45) is 59.8. The van der Waals surface area contributed by atoms with E-state index >= 15 is 0 Å². The van der Waals surface area contributed by atoms with E-state index in [1.54, 1.807) is 0 Å². The number of unbranched alkanes of at least 4 members (excludes halogenated alkanes) is 49. The van der Waals surface area contributed by atoms with Crippen molar-refractivity contribution in [2.24, 2.45) is 5.92 Å². The smallest absolute Gasteiger partial charge is 0.462 e. The number of aliphatic hydroxyl groups is 1. The van der Waals surface area contributed by atoms with Gasteiger partial charge in [0.1, 0.15) is 19.3 Å². The van der Waals surface area contributed by atoms with E-state index in [0.717, 1.165) is 95.8 Å². The molecule has 19 heteroatoms. The number of esters is 4. The zero-order chi connectivity index (χ0) is 70.5. The molecule has 0 fully saturated rings. The van der Waals surface area contributed by atoms with Crippen molar-refractivity contribution in [3.63, 3.8) is 0 Å². The number of rotatable bonds is 77. The highest BCUT2D eigenvalue weighted by Crippen LogP contribution is 2.45. The highest BCUT2D eigenvalue weighted by atomic mass is 31.2. The Hall–Kier alpha value is -1.94. The van der Waals surface area contributed by atoms with Crippen molar-refractivity contribution in [3.8, 4) is 0 Å². The molecule has 0 saturated heterocycles. The number of phosphoric acid groups is 2. The normalized spacial score (nSPS) is 13.9. The Bertz CT molecular complexity index is 1840. The number of phosphoric ester groups is 2. The third-order valence-corrected chi connectivity index (χ3v) is 19.9. The molecule has 0 amide bonds. The van der Waals surface area contributed by atoms with Crippen molar-refractivity contribution in [1.29, 1.82) is 0 Å². The maximum atomic E-state index is 13.1. The first-order valence-electron chi connectivity index (χ1n) is 40.1. The quantitative estimate of drug-likeness (QED) is 0.0222. The lowest BCUT2D eigenvalue weighted by molar-refractivity contribution is -0.161. The number of aliphatic hydroxyl groups excluding tert-OH is 1. The van der Waals surface area contributed by atoms with Gasteiger partial charge in [-0.05, 0) is 31.6 Å². The topological polar surface area (TPSA) is 237 Å². The number of ether oxygens (including phenoxy) is 4. The van der Waals surface area contributed by atoms with Gasteiger partial charge in [-0.3, -0.25) is 37.3 Å². The second kappa shape index (κ2) is 70.1. The lowest BCUT2D eigenvalue weighted by Gasteiger charge is -2.21.